The standard InChI is InChI=1S/C38H27N3/c1-25-11-5-7-19-34(25)41-35-20-8-6-14-28(35)29-15-9-17-31(38(29)41)30-16-10-18-32-33-23-26(24-39)21-22-36(33)40(37(30)32)27-12-3-2-4-13-27/h2-18,20-23,34H,19H2,1H3/t34-/m1/s1. The van der Waals surface area contributed by atoms with E-state index in [1.807, 2.05) is 12.1 Å². The molecule has 8 rings (SSSR count). The van der Waals surface area contributed by atoms with Crippen LogP contribution in [0.1, 0.15) is 24.9 Å². The average molecular weight is 526 g/mol. The van der Waals surface area contributed by atoms with Crippen LogP contribution < -0.4 is 0 Å². The van der Waals surface area contributed by atoms with Crippen molar-refractivity contribution in [1.82, 2.24) is 9.13 Å². The number of hydrogen-bond acceptors (Lipinski definition) is 1. The molecule has 2 heterocycles. The first kappa shape index (κ1) is 23.5. The lowest BCUT2D eigenvalue weighted by Crippen LogP contribution is -2.11. The van der Waals surface area contributed by atoms with Gasteiger partial charge in [0.15, 0.2) is 0 Å². The Bertz CT molecular complexity index is 2250. The second kappa shape index (κ2) is 9.11. The summed E-state index contributed by atoms with van der Waals surface area (Å²) in [5.74, 6) is 0. The minimum absolute atomic E-state index is 0.251. The van der Waals surface area contributed by atoms with E-state index >= 15 is 0 Å². The van der Waals surface area contributed by atoms with Gasteiger partial charge in [0.1, 0.15) is 0 Å². The number of hydrogen-bond donors (Lipinski definition) is 0. The highest BCUT2D eigenvalue weighted by atomic mass is 15.0. The van der Waals surface area contributed by atoms with Crippen LogP contribution in [0.25, 0.3) is 60.4 Å². The van der Waals surface area contributed by atoms with E-state index < -0.39 is 0 Å². The largest absolute Gasteiger partial charge is 0.332 e. The molecule has 2 aromatic heterocycles. The third kappa shape index (κ3) is 3.44. The number of para-hydroxylation sites is 4. The molecule has 1 atom stereocenters. The van der Waals surface area contributed by atoms with Crippen molar-refractivity contribution < 1.29 is 0 Å². The van der Waals surface area contributed by atoms with Crippen molar-refractivity contribution in [3.8, 4) is 22.9 Å². The topological polar surface area (TPSA) is 33.6 Å². The molecule has 0 unspecified atom stereocenters. The van der Waals surface area contributed by atoms with E-state index in [1.54, 1.807) is 0 Å². The maximum atomic E-state index is 9.72. The molecule has 0 N–H and O–H groups in total. The molecule has 0 saturated heterocycles. The highest BCUT2D eigenvalue weighted by molar-refractivity contribution is 6.18. The fraction of sp³-hybridized carbons (Fsp3) is 0.0789. The highest BCUT2D eigenvalue weighted by Crippen LogP contribution is 2.44. The zero-order valence-electron chi connectivity index (χ0n) is 22.8. The van der Waals surface area contributed by atoms with E-state index in [4.69, 9.17) is 0 Å². The van der Waals surface area contributed by atoms with Crippen LogP contribution in [0.3, 0.4) is 0 Å². The fourth-order valence-corrected chi connectivity index (χ4v) is 6.83. The van der Waals surface area contributed by atoms with Gasteiger partial charge in [-0.2, -0.15) is 5.26 Å². The van der Waals surface area contributed by atoms with Gasteiger partial charge in [0.05, 0.1) is 34.2 Å². The van der Waals surface area contributed by atoms with Gasteiger partial charge in [-0.05, 0) is 49.7 Å². The quantitative estimate of drug-likeness (QED) is 0.226. The summed E-state index contributed by atoms with van der Waals surface area (Å²) in [7, 11) is 0. The maximum absolute atomic E-state index is 9.72. The number of aromatic nitrogens is 2. The van der Waals surface area contributed by atoms with E-state index in [1.165, 1.54) is 38.5 Å². The summed E-state index contributed by atoms with van der Waals surface area (Å²) < 4.78 is 4.93. The molecule has 0 bridgehead atoms. The molecule has 41 heavy (non-hydrogen) atoms. The molecule has 3 heteroatoms. The first-order valence-corrected chi connectivity index (χ1v) is 14.1. The van der Waals surface area contributed by atoms with Gasteiger partial charge in [-0.15, -0.1) is 0 Å². The van der Waals surface area contributed by atoms with E-state index in [0.29, 0.717) is 5.56 Å². The smallest absolute Gasteiger partial charge is 0.0991 e. The molecule has 0 spiro atoms. The second-order valence-electron chi connectivity index (χ2n) is 10.9. The monoisotopic (exact) mass is 525 g/mol. The van der Waals surface area contributed by atoms with Crippen LogP contribution in [-0.4, -0.2) is 9.13 Å². The fourth-order valence-electron chi connectivity index (χ4n) is 6.83. The van der Waals surface area contributed by atoms with Crippen molar-refractivity contribution in [2.45, 2.75) is 19.4 Å². The third-order valence-corrected chi connectivity index (χ3v) is 8.64. The van der Waals surface area contributed by atoms with Crippen LogP contribution in [0.4, 0.5) is 0 Å². The Morgan fingerprint density at radius 2 is 1.39 bits per heavy atom. The Morgan fingerprint density at radius 3 is 2.17 bits per heavy atom. The molecule has 194 valence electrons. The summed E-state index contributed by atoms with van der Waals surface area (Å²) in [6, 6.07) is 41.3. The Hall–Kier alpha value is -5.33. The van der Waals surface area contributed by atoms with Gasteiger partial charge in [0.2, 0.25) is 0 Å². The predicted octanol–water partition coefficient (Wildman–Crippen LogP) is 9.88. The molecule has 0 fully saturated rings. The molecule has 0 saturated carbocycles. The summed E-state index contributed by atoms with van der Waals surface area (Å²) in [5, 5.41) is 14.5. The lowest BCUT2D eigenvalue weighted by Gasteiger charge is -2.24. The summed E-state index contributed by atoms with van der Waals surface area (Å²) in [6.45, 7) is 2.25. The molecule has 0 radical (unpaired) electrons. The zero-order valence-corrected chi connectivity index (χ0v) is 22.8. The van der Waals surface area contributed by atoms with Gasteiger partial charge in [0.25, 0.3) is 0 Å². The summed E-state index contributed by atoms with van der Waals surface area (Å²) in [6.07, 6.45) is 7.67. The van der Waals surface area contributed by atoms with Crippen molar-refractivity contribution >= 4 is 43.6 Å². The lowest BCUT2D eigenvalue weighted by molar-refractivity contribution is 0.611. The summed E-state index contributed by atoms with van der Waals surface area (Å²) in [5.41, 5.74) is 10.3. The lowest BCUT2D eigenvalue weighted by atomic mass is 9.97. The summed E-state index contributed by atoms with van der Waals surface area (Å²) in [4.78, 5) is 0. The highest BCUT2D eigenvalue weighted by Gasteiger charge is 2.24. The molecule has 7 aromatic rings. The van der Waals surface area contributed by atoms with Crippen molar-refractivity contribution in [3.63, 3.8) is 0 Å². The molecule has 1 aliphatic rings. The minimum Gasteiger partial charge on any atom is -0.332 e. The van der Waals surface area contributed by atoms with Crippen molar-refractivity contribution in [1.29, 1.82) is 5.26 Å². The van der Waals surface area contributed by atoms with Gasteiger partial charge in [-0.25, -0.2) is 0 Å². The van der Waals surface area contributed by atoms with E-state index in [0.717, 1.165) is 33.9 Å². The van der Waals surface area contributed by atoms with Crippen LogP contribution >= 0.6 is 0 Å². The normalized spacial score (nSPS) is 15.1. The van der Waals surface area contributed by atoms with E-state index in [2.05, 4.69) is 137 Å². The summed E-state index contributed by atoms with van der Waals surface area (Å²) >= 11 is 0. The van der Waals surface area contributed by atoms with Crippen LogP contribution in [0, 0.1) is 11.3 Å². The third-order valence-electron chi connectivity index (χ3n) is 8.64. The predicted molar refractivity (Wildman–Crippen MR) is 170 cm³/mol. The zero-order chi connectivity index (χ0) is 27.5. The van der Waals surface area contributed by atoms with Gasteiger partial charge in [-0.3, -0.25) is 0 Å². The number of benzene rings is 5. The number of fused-ring (bicyclic) bond motifs is 6. The van der Waals surface area contributed by atoms with Crippen LogP contribution in [-0.2, 0) is 0 Å². The second-order valence-corrected chi connectivity index (χ2v) is 10.9. The van der Waals surface area contributed by atoms with Gasteiger partial charge >= 0.3 is 0 Å². The minimum atomic E-state index is 0.251. The number of nitriles is 1. The molecular formula is C38H27N3. The maximum Gasteiger partial charge on any atom is 0.0991 e. The number of allylic oxidation sites excluding steroid dienone is 4. The van der Waals surface area contributed by atoms with Crippen molar-refractivity contribution in [2.24, 2.45) is 0 Å². The molecule has 0 aliphatic heterocycles. The Labute approximate surface area is 238 Å². The van der Waals surface area contributed by atoms with Crippen LogP contribution in [0.15, 0.2) is 133 Å². The Balaban J connectivity index is 1.54. The number of nitrogens with zero attached hydrogens (tertiary/aromatic N) is 3. The average Bonchev–Trinajstić information content (AvgIpc) is 3.54. The molecular weight excluding hydrogens is 498 g/mol. The van der Waals surface area contributed by atoms with Gasteiger partial charge in [0, 0.05) is 43.9 Å². The van der Waals surface area contributed by atoms with E-state index in [-0.39, 0.29) is 6.04 Å². The SMILES string of the molecule is CC1=CC=CC[C@H]1n1c2ccccc2c2cccc(-c3cccc4c5cc(C#N)ccc5n(-c5ccccc5)c34)c21. The Morgan fingerprint density at radius 1 is 0.683 bits per heavy atom. The Kier molecular flexibility index (Phi) is 5.23. The molecule has 1 aliphatic carbocycles. The van der Waals surface area contributed by atoms with Gasteiger partial charge < -0.3 is 9.13 Å². The first-order chi connectivity index (χ1) is 20.2. The van der Waals surface area contributed by atoms with E-state index in [9.17, 15) is 5.26 Å². The van der Waals surface area contributed by atoms with Crippen LogP contribution in [0.5, 0.6) is 0 Å². The van der Waals surface area contributed by atoms with Gasteiger partial charge in [-0.1, -0.05) is 96.6 Å². The van der Waals surface area contributed by atoms with Crippen molar-refractivity contribution in [2.75, 3.05) is 0 Å². The van der Waals surface area contributed by atoms with Crippen molar-refractivity contribution in [3.05, 3.63) is 139 Å². The first-order valence-electron chi connectivity index (χ1n) is 14.1. The molecule has 5 aromatic carbocycles. The molecule has 3 nitrogen and oxygen atoms in total. The molecule has 0 amide bonds. The number of rotatable bonds is 3. The van der Waals surface area contributed by atoms with Crippen LogP contribution in [0.2, 0.25) is 0 Å².